The van der Waals surface area contributed by atoms with Gasteiger partial charge in [-0.3, -0.25) is 4.79 Å². The zero-order valence-corrected chi connectivity index (χ0v) is 9.53. The quantitative estimate of drug-likeness (QED) is 0.619. The first-order chi connectivity index (χ1) is 7.09. The summed E-state index contributed by atoms with van der Waals surface area (Å²) < 4.78 is 5.57. The van der Waals surface area contributed by atoms with Gasteiger partial charge in [0.25, 0.3) is 0 Å². The molecule has 3 N–H and O–H groups in total. The van der Waals surface area contributed by atoms with Gasteiger partial charge in [-0.15, -0.1) is 0 Å². The van der Waals surface area contributed by atoms with Crippen LogP contribution in [0.25, 0.3) is 0 Å². The van der Waals surface area contributed by atoms with Gasteiger partial charge in [0.15, 0.2) is 0 Å². The maximum absolute atomic E-state index is 10.9. The van der Waals surface area contributed by atoms with E-state index in [1.54, 1.807) is 0 Å². The Hall–Kier alpha value is -0.650. The van der Waals surface area contributed by atoms with E-state index in [1.807, 2.05) is 14.0 Å². The summed E-state index contributed by atoms with van der Waals surface area (Å²) in [6.45, 7) is 5.95. The number of nitrogens with two attached hydrogens (primary N) is 1. The highest BCUT2D eigenvalue weighted by atomic mass is 16.5. The van der Waals surface area contributed by atoms with Crippen LogP contribution in [0.15, 0.2) is 0 Å². The van der Waals surface area contributed by atoms with E-state index in [9.17, 15) is 4.79 Å². The summed E-state index contributed by atoms with van der Waals surface area (Å²) in [5, 5.41) is 3.27. The number of morpholine rings is 1. The van der Waals surface area contributed by atoms with Gasteiger partial charge in [0.05, 0.1) is 12.7 Å². The first kappa shape index (κ1) is 12.4. The monoisotopic (exact) mass is 215 g/mol. The van der Waals surface area contributed by atoms with Gasteiger partial charge in [-0.05, 0) is 7.05 Å². The normalized spacial score (nSPS) is 24.1. The molecule has 1 saturated heterocycles. The zero-order valence-electron chi connectivity index (χ0n) is 9.53. The van der Waals surface area contributed by atoms with Crippen molar-refractivity contribution in [2.24, 2.45) is 11.7 Å². The van der Waals surface area contributed by atoms with Gasteiger partial charge in [-0.2, -0.15) is 0 Å². The van der Waals surface area contributed by atoms with Crippen LogP contribution in [0.5, 0.6) is 0 Å². The molecule has 0 bridgehead atoms. The Bertz CT molecular complexity index is 205. The maximum atomic E-state index is 10.9. The molecule has 1 rings (SSSR count). The molecule has 1 aliphatic heterocycles. The summed E-state index contributed by atoms with van der Waals surface area (Å²) >= 11 is 0. The fourth-order valence-electron chi connectivity index (χ4n) is 1.72. The van der Waals surface area contributed by atoms with Crippen LogP contribution < -0.4 is 11.1 Å². The number of nitrogens with zero attached hydrogens (tertiary/aromatic N) is 1. The zero-order chi connectivity index (χ0) is 11.3. The minimum absolute atomic E-state index is 0.105. The highest BCUT2D eigenvalue weighted by Crippen LogP contribution is 2.02. The Kier molecular flexibility index (Phi) is 5.01. The number of carbonyl (C=O) groups excluding carboxylic acids is 1. The van der Waals surface area contributed by atoms with E-state index >= 15 is 0 Å². The topological polar surface area (TPSA) is 67.6 Å². The number of likely N-dealkylation sites (N-methyl/N-ethyl adjacent to an activating group) is 1. The number of hydrogen-bond donors (Lipinski definition) is 2. The molecule has 0 aromatic rings. The van der Waals surface area contributed by atoms with Crippen molar-refractivity contribution in [3.8, 4) is 0 Å². The van der Waals surface area contributed by atoms with Crippen LogP contribution in [0.1, 0.15) is 6.92 Å². The van der Waals surface area contributed by atoms with Crippen molar-refractivity contribution >= 4 is 5.91 Å². The lowest BCUT2D eigenvalue weighted by Crippen LogP contribution is -2.45. The van der Waals surface area contributed by atoms with Crippen molar-refractivity contribution in [1.29, 1.82) is 0 Å². The number of carbonyl (C=O) groups is 1. The molecule has 0 aliphatic carbocycles. The van der Waals surface area contributed by atoms with Crippen molar-refractivity contribution in [3.63, 3.8) is 0 Å². The van der Waals surface area contributed by atoms with E-state index < -0.39 is 0 Å². The molecule has 1 aliphatic rings. The summed E-state index contributed by atoms with van der Waals surface area (Å²) in [6, 6.07) is 0. The molecular formula is C10H21N3O2. The number of rotatable bonds is 5. The fourth-order valence-corrected chi connectivity index (χ4v) is 1.72. The predicted octanol–water partition coefficient (Wildman–Crippen LogP) is -0.972. The lowest BCUT2D eigenvalue weighted by atomic mass is 10.1. The molecule has 5 heteroatoms. The highest BCUT2D eigenvalue weighted by molar-refractivity contribution is 5.76. The highest BCUT2D eigenvalue weighted by Gasteiger charge is 2.18. The van der Waals surface area contributed by atoms with Crippen LogP contribution in [0.3, 0.4) is 0 Å². The number of amides is 1. The van der Waals surface area contributed by atoms with Gasteiger partial charge in [0.1, 0.15) is 0 Å². The van der Waals surface area contributed by atoms with Gasteiger partial charge >= 0.3 is 0 Å². The third-order valence-corrected chi connectivity index (χ3v) is 2.59. The van der Waals surface area contributed by atoms with Gasteiger partial charge in [-0.1, -0.05) is 6.92 Å². The summed E-state index contributed by atoms with van der Waals surface area (Å²) in [5.41, 5.74) is 5.21. The average Bonchev–Trinajstić information content (AvgIpc) is 2.18. The first-order valence-electron chi connectivity index (χ1n) is 5.39. The third kappa shape index (κ3) is 4.59. The molecule has 0 radical (unpaired) electrons. The molecule has 2 unspecified atom stereocenters. The molecule has 88 valence electrons. The van der Waals surface area contributed by atoms with Crippen LogP contribution in [-0.2, 0) is 9.53 Å². The Labute approximate surface area is 90.9 Å². The molecule has 1 amide bonds. The Morgan fingerprint density at radius 3 is 3.00 bits per heavy atom. The lowest BCUT2D eigenvalue weighted by Gasteiger charge is -2.28. The largest absolute Gasteiger partial charge is 0.374 e. The summed E-state index contributed by atoms with van der Waals surface area (Å²) in [4.78, 5) is 13.0. The molecule has 0 spiro atoms. The molecule has 1 heterocycles. The summed E-state index contributed by atoms with van der Waals surface area (Å²) in [6.07, 6.45) is 0.226. The number of ether oxygens (including phenoxy) is 1. The Morgan fingerprint density at radius 2 is 2.47 bits per heavy atom. The van der Waals surface area contributed by atoms with E-state index in [2.05, 4.69) is 10.2 Å². The van der Waals surface area contributed by atoms with Crippen LogP contribution in [0.4, 0.5) is 0 Å². The van der Waals surface area contributed by atoms with Gasteiger partial charge in [-0.25, -0.2) is 0 Å². The van der Waals surface area contributed by atoms with E-state index in [0.29, 0.717) is 6.54 Å². The van der Waals surface area contributed by atoms with Gasteiger partial charge in [0.2, 0.25) is 5.91 Å². The molecule has 15 heavy (non-hydrogen) atoms. The van der Waals surface area contributed by atoms with Crippen molar-refractivity contribution in [1.82, 2.24) is 10.2 Å². The van der Waals surface area contributed by atoms with Crippen molar-refractivity contribution in [2.75, 3.05) is 39.8 Å². The van der Waals surface area contributed by atoms with Crippen LogP contribution in [0, 0.1) is 5.92 Å². The maximum Gasteiger partial charge on any atom is 0.221 e. The molecule has 1 fully saturated rings. The van der Waals surface area contributed by atoms with E-state index in [0.717, 1.165) is 26.2 Å². The van der Waals surface area contributed by atoms with Gasteiger partial charge in [0, 0.05) is 32.1 Å². The summed E-state index contributed by atoms with van der Waals surface area (Å²) in [5.74, 6) is -0.351. The minimum Gasteiger partial charge on any atom is -0.374 e. The summed E-state index contributed by atoms with van der Waals surface area (Å²) in [7, 11) is 1.98. The van der Waals surface area contributed by atoms with E-state index in [1.165, 1.54) is 0 Å². The van der Waals surface area contributed by atoms with E-state index in [4.69, 9.17) is 10.5 Å². The standard InChI is InChI=1S/C10H21N3O2/c1-8(10(11)14)6-13(2)7-9-5-12-3-4-15-9/h8-9,12H,3-7H2,1-2H3,(H2,11,14). The average molecular weight is 215 g/mol. The molecule has 2 atom stereocenters. The second-order valence-electron chi connectivity index (χ2n) is 4.22. The molecular weight excluding hydrogens is 194 g/mol. The van der Waals surface area contributed by atoms with Crippen LogP contribution in [-0.4, -0.2) is 56.7 Å². The SMILES string of the molecule is CC(CN(C)CC1CNCCO1)C(N)=O. The second-order valence-corrected chi connectivity index (χ2v) is 4.22. The van der Waals surface area contributed by atoms with Crippen molar-refractivity contribution in [3.05, 3.63) is 0 Å². The second kappa shape index (κ2) is 6.05. The van der Waals surface area contributed by atoms with E-state index in [-0.39, 0.29) is 17.9 Å². The molecule has 0 aromatic heterocycles. The smallest absolute Gasteiger partial charge is 0.221 e. The fraction of sp³-hybridized carbons (Fsp3) is 0.900. The van der Waals surface area contributed by atoms with Crippen LogP contribution >= 0.6 is 0 Å². The number of primary amides is 1. The lowest BCUT2D eigenvalue weighted by molar-refractivity contribution is -0.121. The Balaban J connectivity index is 2.22. The number of hydrogen-bond acceptors (Lipinski definition) is 4. The Morgan fingerprint density at radius 1 is 1.73 bits per heavy atom. The van der Waals surface area contributed by atoms with Gasteiger partial charge < -0.3 is 20.7 Å². The first-order valence-corrected chi connectivity index (χ1v) is 5.39. The minimum atomic E-state index is -0.246. The number of nitrogens with one attached hydrogen (secondary N) is 1. The molecule has 0 aromatic carbocycles. The third-order valence-electron chi connectivity index (χ3n) is 2.59. The van der Waals surface area contributed by atoms with Crippen molar-refractivity contribution < 1.29 is 9.53 Å². The predicted molar refractivity (Wildman–Crippen MR) is 58.5 cm³/mol. The van der Waals surface area contributed by atoms with Crippen molar-refractivity contribution in [2.45, 2.75) is 13.0 Å². The van der Waals surface area contributed by atoms with Crippen LogP contribution in [0.2, 0.25) is 0 Å². The molecule has 0 saturated carbocycles. The molecule has 5 nitrogen and oxygen atoms in total.